The van der Waals surface area contributed by atoms with E-state index >= 15 is 0 Å². The second kappa shape index (κ2) is 3.58. The highest BCUT2D eigenvalue weighted by Gasteiger charge is 2.66. The summed E-state index contributed by atoms with van der Waals surface area (Å²) in [6, 6.07) is 0. The summed E-state index contributed by atoms with van der Waals surface area (Å²) < 4.78 is 10.3. The van der Waals surface area contributed by atoms with Crippen LogP contribution in [0, 0.1) is 22.7 Å². The number of esters is 1. The fourth-order valence-corrected chi connectivity index (χ4v) is 4.39. The second-order valence-electron chi connectivity index (χ2n) is 6.62. The van der Waals surface area contributed by atoms with Gasteiger partial charge in [-0.1, -0.05) is 19.9 Å². The van der Waals surface area contributed by atoms with Crippen molar-refractivity contribution in [1.29, 1.82) is 0 Å². The average Bonchev–Trinajstić information content (AvgIpc) is 2.84. The highest BCUT2D eigenvalue weighted by Crippen LogP contribution is 2.66. The van der Waals surface area contributed by atoms with Gasteiger partial charge in [0.05, 0.1) is 13.7 Å². The molecule has 3 aliphatic rings. The third-order valence-electron chi connectivity index (χ3n) is 4.95. The maximum atomic E-state index is 11.8. The van der Waals surface area contributed by atoms with Crippen LogP contribution in [0.15, 0.2) is 11.6 Å². The lowest BCUT2D eigenvalue weighted by molar-refractivity contribution is -0.137. The molecule has 1 N–H and O–H groups in total. The molecule has 4 heteroatoms. The van der Waals surface area contributed by atoms with Crippen molar-refractivity contribution in [1.82, 2.24) is 0 Å². The van der Waals surface area contributed by atoms with Gasteiger partial charge in [0.2, 0.25) is 0 Å². The second-order valence-corrected chi connectivity index (χ2v) is 6.62. The summed E-state index contributed by atoms with van der Waals surface area (Å²) in [6.07, 6.45) is 3.15. The zero-order chi connectivity index (χ0) is 13.1. The van der Waals surface area contributed by atoms with E-state index in [1.165, 1.54) is 7.11 Å². The Kier molecular flexibility index (Phi) is 2.42. The van der Waals surface area contributed by atoms with Crippen molar-refractivity contribution in [2.45, 2.75) is 33.0 Å². The summed E-state index contributed by atoms with van der Waals surface area (Å²) in [6.45, 7) is 4.86. The van der Waals surface area contributed by atoms with Crippen molar-refractivity contribution < 1.29 is 19.4 Å². The van der Waals surface area contributed by atoms with Gasteiger partial charge in [-0.15, -0.1) is 0 Å². The van der Waals surface area contributed by atoms with Crippen LogP contribution < -0.4 is 0 Å². The summed E-state index contributed by atoms with van der Waals surface area (Å²) in [5.41, 5.74) is 0.595. The van der Waals surface area contributed by atoms with E-state index in [2.05, 4.69) is 13.8 Å². The predicted molar refractivity (Wildman–Crippen MR) is 64.5 cm³/mol. The molecule has 0 aromatic rings. The Labute approximate surface area is 107 Å². The van der Waals surface area contributed by atoms with Gasteiger partial charge < -0.3 is 14.6 Å². The molecule has 0 bridgehead atoms. The highest BCUT2D eigenvalue weighted by molar-refractivity contribution is 5.90. The number of rotatable bonds is 1. The first-order valence-electron chi connectivity index (χ1n) is 6.50. The van der Waals surface area contributed by atoms with Gasteiger partial charge in [-0.2, -0.15) is 0 Å². The first-order chi connectivity index (χ1) is 8.40. The topological polar surface area (TPSA) is 55.8 Å². The first kappa shape index (κ1) is 12.2. The smallest absolute Gasteiger partial charge is 0.333 e. The molecule has 3 rings (SSSR count). The molecule has 1 spiro atoms. The van der Waals surface area contributed by atoms with Crippen LogP contribution in [0.1, 0.15) is 26.7 Å². The lowest BCUT2D eigenvalue weighted by atomic mass is 9.71. The lowest BCUT2D eigenvalue weighted by Gasteiger charge is -2.33. The fraction of sp³-hybridized carbons (Fsp3) is 0.786. The van der Waals surface area contributed by atoms with Gasteiger partial charge >= 0.3 is 5.97 Å². The lowest BCUT2D eigenvalue weighted by Crippen LogP contribution is -2.37. The molecule has 1 saturated carbocycles. The van der Waals surface area contributed by atoms with Crippen LogP contribution in [0.4, 0.5) is 0 Å². The zero-order valence-corrected chi connectivity index (χ0v) is 11.1. The van der Waals surface area contributed by atoms with E-state index in [1.807, 2.05) is 6.08 Å². The molecule has 0 unspecified atom stereocenters. The Morgan fingerprint density at radius 3 is 2.94 bits per heavy atom. The van der Waals surface area contributed by atoms with Gasteiger partial charge in [0, 0.05) is 16.9 Å². The van der Waals surface area contributed by atoms with Crippen LogP contribution in [-0.4, -0.2) is 31.1 Å². The third-order valence-corrected chi connectivity index (χ3v) is 4.95. The van der Waals surface area contributed by atoms with Crippen molar-refractivity contribution in [3.05, 3.63) is 11.6 Å². The van der Waals surface area contributed by atoms with E-state index in [-0.39, 0.29) is 28.6 Å². The van der Waals surface area contributed by atoms with Crippen molar-refractivity contribution in [3.8, 4) is 0 Å². The average molecular weight is 252 g/mol. The van der Waals surface area contributed by atoms with Crippen LogP contribution >= 0.6 is 0 Å². The summed E-state index contributed by atoms with van der Waals surface area (Å²) >= 11 is 0. The number of hydrogen-bond acceptors (Lipinski definition) is 4. The molecule has 2 aliphatic carbocycles. The van der Waals surface area contributed by atoms with E-state index in [0.29, 0.717) is 12.2 Å². The largest absolute Gasteiger partial charge is 0.466 e. The summed E-state index contributed by atoms with van der Waals surface area (Å²) in [7, 11) is 1.40. The number of ether oxygens (including phenoxy) is 2. The van der Waals surface area contributed by atoms with Crippen molar-refractivity contribution >= 4 is 5.97 Å². The number of methoxy groups -OCH3 is 1. The quantitative estimate of drug-likeness (QED) is 0.718. The number of allylic oxidation sites excluding steroid dienone is 1. The summed E-state index contributed by atoms with van der Waals surface area (Å²) in [4.78, 5) is 11.8. The first-order valence-corrected chi connectivity index (χ1v) is 6.50. The summed E-state index contributed by atoms with van der Waals surface area (Å²) in [5, 5.41) is 10.3. The Bertz CT molecular complexity index is 426. The molecule has 18 heavy (non-hydrogen) atoms. The molecule has 0 radical (unpaired) electrons. The van der Waals surface area contributed by atoms with Crippen molar-refractivity contribution in [2.75, 3.05) is 13.7 Å². The van der Waals surface area contributed by atoms with E-state index < -0.39 is 6.29 Å². The Hall–Kier alpha value is -0.870. The van der Waals surface area contributed by atoms with E-state index in [0.717, 1.165) is 12.8 Å². The number of carbonyl (C=O) groups excluding carboxylic acids is 1. The third kappa shape index (κ3) is 1.36. The maximum Gasteiger partial charge on any atom is 0.333 e. The molecule has 1 saturated heterocycles. The molecule has 0 amide bonds. The molecule has 4 nitrogen and oxygen atoms in total. The minimum atomic E-state index is -0.757. The van der Waals surface area contributed by atoms with Crippen LogP contribution in [0.5, 0.6) is 0 Å². The van der Waals surface area contributed by atoms with Gasteiger partial charge in [0.25, 0.3) is 0 Å². The van der Waals surface area contributed by atoms with Gasteiger partial charge in [-0.05, 0) is 24.2 Å². The number of hydrogen-bond donors (Lipinski definition) is 1. The minimum Gasteiger partial charge on any atom is -0.466 e. The normalized spacial score (nSPS) is 44.4. The molecular weight excluding hydrogens is 232 g/mol. The van der Waals surface area contributed by atoms with E-state index in [4.69, 9.17) is 9.47 Å². The molecule has 0 aromatic heterocycles. The molecule has 0 aromatic carbocycles. The Morgan fingerprint density at radius 2 is 2.28 bits per heavy atom. The Morgan fingerprint density at radius 1 is 1.56 bits per heavy atom. The predicted octanol–water partition coefficient (Wildman–Crippen LogP) is 1.49. The molecule has 2 fully saturated rings. The van der Waals surface area contributed by atoms with Crippen LogP contribution in [-0.2, 0) is 14.3 Å². The van der Waals surface area contributed by atoms with Crippen molar-refractivity contribution in [2.24, 2.45) is 22.7 Å². The molecule has 4 atom stereocenters. The van der Waals surface area contributed by atoms with Gasteiger partial charge in [-0.3, -0.25) is 0 Å². The van der Waals surface area contributed by atoms with Gasteiger partial charge in [-0.25, -0.2) is 4.79 Å². The molecule has 1 heterocycles. The fourth-order valence-electron chi connectivity index (χ4n) is 4.39. The van der Waals surface area contributed by atoms with Crippen LogP contribution in [0.3, 0.4) is 0 Å². The zero-order valence-electron chi connectivity index (χ0n) is 11.1. The SMILES string of the molecule is COC(=O)C1=C[C@@H]2CC(C)(C)C[C@@]23[C@H](O)OC[C@@H]13. The summed E-state index contributed by atoms with van der Waals surface area (Å²) in [5.74, 6) is -0.0555. The van der Waals surface area contributed by atoms with Crippen LogP contribution in [0.2, 0.25) is 0 Å². The Balaban J connectivity index is 2.02. The van der Waals surface area contributed by atoms with E-state index in [1.54, 1.807) is 0 Å². The van der Waals surface area contributed by atoms with Gasteiger partial charge in [0.1, 0.15) is 0 Å². The van der Waals surface area contributed by atoms with E-state index in [9.17, 15) is 9.90 Å². The monoisotopic (exact) mass is 252 g/mol. The molecular formula is C14H20O4. The van der Waals surface area contributed by atoms with Crippen molar-refractivity contribution in [3.63, 3.8) is 0 Å². The number of aliphatic hydroxyl groups is 1. The van der Waals surface area contributed by atoms with Gasteiger partial charge in [0.15, 0.2) is 6.29 Å². The number of aliphatic hydroxyl groups excluding tert-OH is 1. The van der Waals surface area contributed by atoms with Crippen LogP contribution in [0.25, 0.3) is 0 Å². The molecule has 100 valence electrons. The highest BCUT2D eigenvalue weighted by atomic mass is 16.6. The minimum absolute atomic E-state index is 0.00766. The number of carbonyl (C=O) groups is 1. The maximum absolute atomic E-state index is 11.8. The molecule has 1 aliphatic heterocycles. The standard InChI is InChI=1S/C14H20O4/c1-13(2)5-8-4-9(11(15)17-3)10-6-18-12(16)14(8,10)7-13/h4,8,10,12,16H,5-7H2,1-3H3/t8-,10+,12-,14-/m1/s1.